The van der Waals surface area contributed by atoms with Crippen molar-refractivity contribution in [3.63, 3.8) is 0 Å². The summed E-state index contributed by atoms with van der Waals surface area (Å²) in [6.45, 7) is 0.0890. The first-order valence-electron chi connectivity index (χ1n) is 8.78. The van der Waals surface area contributed by atoms with Gasteiger partial charge in [0.05, 0.1) is 10.5 Å². The summed E-state index contributed by atoms with van der Waals surface area (Å²) >= 11 is 0. The molecule has 3 rings (SSSR count). The van der Waals surface area contributed by atoms with Crippen LogP contribution in [-0.2, 0) is 23.8 Å². The standard InChI is InChI=1S/C19H19N5O5S/c1-22-13-17(18(20-22)15-8-10-16(11-9-15)24(26)27)19(25)21-30(28,29)23(2)12-14-6-4-3-5-7-14/h3-11,13H,12H2,1-2H3,(H,21,25). The van der Waals surface area contributed by atoms with E-state index in [0.717, 1.165) is 9.87 Å². The molecule has 0 saturated heterocycles. The van der Waals surface area contributed by atoms with E-state index in [4.69, 9.17) is 0 Å². The molecule has 0 saturated carbocycles. The minimum absolute atomic E-state index is 0.0306. The summed E-state index contributed by atoms with van der Waals surface area (Å²) in [7, 11) is -1.16. The van der Waals surface area contributed by atoms with Gasteiger partial charge in [0.2, 0.25) is 0 Å². The van der Waals surface area contributed by atoms with Crippen LogP contribution in [0, 0.1) is 10.1 Å². The van der Waals surface area contributed by atoms with E-state index in [-0.39, 0.29) is 23.5 Å². The van der Waals surface area contributed by atoms with Crippen molar-refractivity contribution in [2.24, 2.45) is 7.05 Å². The van der Waals surface area contributed by atoms with Crippen LogP contribution in [0.25, 0.3) is 11.3 Å². The van der Waals surface area contributed by atoms with Gasteiger partial charge in [-0.1, -0.05) is 30.3 Å². The van der Waals surface area contributed by atoms with Crippen molar-refractivity contribution in [1.82, 2.24) is 18.8 Å². The first-order valence-corrected chi connectivity index (χ1v) is 10.2. The number of hydrogen-bond acceptors (Lipinski definition) is 6. The summed E-state index contributed by atoms with van der Waals surface area (Å²) < 4.78 is 29.6. The number of rotatable bonds is 7. The lowest BCUT2D eigenvalue weighted by molar-refractivity contribution is -0.384. The third kappa shape index (κ3) is 4.70. The van der Waals surface area contributed by atoms with E-state index in [9.17, 15) is 23.3 Å². The van der Waals surface area contributed by atoms with Gasteiger partial charge in [0.25, 0.3) is 11.6 Å². The summed E-state index contributed by atoms with van der Waals surface area (Å²) in [4.78, 5) is 23.0. The highest BCUT2D eigenvalue weighted by atomic mass is 32.2. The minimum atomic E-state index is -4.11. The minimum Gasteiger partial charge on any atom is -0.274 e. The predicted molar refractivity (Wildman–Crippen MR) is 110 cm³/mol. The number of nitrogens with zero attached hydrogens (tertiary/aromatic N) is 4. The number of benzene rings is 2. The molecule has 156 valence electrons. The largest absolute Gasteiger partial charge is 0.304 e. The first-order chi connectivity index (χ1) is 14.2. The van der Waals surface area contributed by atoms with E-state index >= 15 is 0 Å². The molecule has 3 aromatic rings. The molecule has 1 heterocycles. The average Bonchev–Trinajstić information content (AvgIpc) is 3.10. The van der Waals surface area contributed by atoms with Gasteiger partial charge in [0, 0.05) is 44.5 Å². The van der Waals surface area contributed by atoms with Crippen LogP contribution >= 0.6 is 0 Å². The van der Waals surface area contributed by atoms with E-state index in [1.165, 1.54) is 42.2 Å². The van der Waals surface area contributed by atoms with E-state index < -0.39 is 21.0 Å². The third-order valence-corrected chi connectivity index (χ3v) is 5.70. The van der Waals surface area contributed by atoms with E-state index in [2.05, 4.69) is 5.10 Å². The zero-order chi connectivity index (χ0) is 21.9. The van der Waals surface area contributed by atoms with Crippen molar-refractivity contribution in [1.29, 1.82) is 0 Å². The number of carbonyl (C=O) groups is 1. The van der Waals surface area contributed by atoms with Gasteiger partial charge in [-0.3, -0.25) is 19.6 Å². The zero-order valence-electron chi connectivity index (χ0n) is 16.2. The Hall–Kier alpha value is -3.57. The fourth-order valence-electron chi connectivity index (χ4n) is 2.78. The molecule has 0 radical (unpaired) electrons. The third-order valence-electron chi connectivity index (χ3n) is 4.31. The Labute approximate surface area is 173 Å². The Kier molecular flexibility index (Phi) is 5.94. The number of nitro benzene ring substituents is 1. The molecule has 10 nitrogen and oxygen atoms in total. The van der Waals surface area contributed by atoms with Crippen molar-refractivity contribution in [2.75, 3.05) is 7.05 Å². The lowest BCUT2D eigenvalue weighted by Crippen LogP contribution is -2.41. The molecule has 0 spiro atoms. The monoisotopic (exact) mass is 429 g/mol. The molecular weight excluding hydrogens is 410 g/mol. The molecule has 0 atom stereocenters. The molecule has 0 bridgehead atoms. The van der Waals surface area contributed by atoms with E-state index in [1.54, 1.807) is 31.3 Å². The number of carbonyl (C=O) groups excluding carboxylic acids is 1. The van der Waals surface area contributed by atoms with Gasteiger partial charge in [0.1, 0.15) is 5.69 Å². The highest BCUT2D eigenvalue weighted by Gasteiger charge is 2.25. The summed E-state index contributed by atoms with van der Waals surface area (Å²) in [6, 6.07) is 14.4. The highest BCUT2D eigenvalue weighted by Crippen LogP contribution is 2.24. The second kappa shape index (κ2) is 8.43. The smallest absolute Gasteiger partial charge is 0.274 e. The lowest BCUT2D eigenvalue weighted by atomic mass is 10.1. The highest BCUT2D eigenvalue weighted by molar-refractivity contribution is 7.87. The van der Waals surface area contributed by atoms with Crippen molar-refractivity contribution in [3.8, 4) is 11.3 Å². The summed E-state index contributed by atoms with van der Waals surface area (Å²) in [5, 5.41) is 15.0. The Morgan fingerprint density at radius 1 is 1.17 bits per heavy atom. The molecule has 0 aliphatic carbocycles. The number of amides is 1. The van der Waals surface area contributed by atoms with Gasteiger partial charge in [-0.25, -0.2) is 4.72 Å². The maximum atomic E-state index is 12.7. The Bertz CT molecular complexity index is 1170. The second-order valence-electron chi connectivity index (χ2n) is 6.55. The Morgan fingerprint density at radius 2 is 1.80 bits per heavy atom. The van der Waals surface area contributed by atoms with Crippen LogP contribution in [0.2, 0.25) is 0 Å². The summed E-state index contributed by atoms with van der Waals surface area (Å²) in [5.41, 5.74) is 1.35. The molecule has 0 aliphatic heterocycles. The molecule has 1 N–H and O–H groups in total. The van der Waals surface area contributed by atoms with Crippen LogP contribution in [0.4, 0.5) is 5.69 Å². The van der Waals surface area contributed by atoms with E-state index in [0.29, 0.717) is 5.56 Å². The molecule has 0 fully saturated rings. The summed E-state index contributed by atoms with van der Waals surface area (Å²) in [6.07, 6.45) is 1.39. The molecule has 11 heteroatoms. The maximum Gasteiger partial charge on any atom is 0.304 e. The summed E-state index contributed by atoms with van der Waals surface area (Å²) in [5.74, 6) is -0.851. The average molecular weight is 429 g/mol. The zero-order valence-corrected chi connectivity index (χ0v) is 17.0. The Balaban J connectivity index is 1.82. The second-order valence-corrected chi connectivity index (χ2v) is 8.32. The molecule has 1 aromatic heterocycles. The van der Waals surface area contributed by atoms with Gasteiger partial charge in [-0.2, -0.15) is 17.8 Å². The Morgan fingerprint density at radius 3 is 2.40 bits per heavy atom. The van der Waals surface area contributed by atoms with Crippen molar-refractivity contribution >= 4 is 21.8 Å². The fraction of sp³-hybridized carbons (Fsp3) is 0.158. The van der Waals surface area contributed by atoms with Crippen LogP contribution in [0.5, 0.6) is 0 Å². The number of nitro groups is 1. The van der Waals surface area contributed by atoms with Gasteiger partial charge in [0.15, 0.2) is 0 Å². The fourth-order valence-corrected chi connectivity index (χ4v) is 3.60. The SMILES string of the molecule is CN(Cc1ccccc1)S(=O)(=O)NC(=O)c1cn(C)nc1-c1ccc([N+](=O)[O-])cc1. The van der Waals surface area contributed by atoms with Crippen LogP contribution < -0.4 is 4.72 Å². The number of hydrogen-bond donors (Lipinski definition) is 1. The molecule has 1 amide bonds. The molecular formula is C19H19N5O5S. The predicted octanol–water partition coefficient (Wildman–Crippen LogP) is 2.10. The molecule has 0 unspecified atom stereocenters. The molecule has 30 heavy (non-hydrogen) atoms. The number of aromatic nitrogens is 2. The van der Waals surface area contributed by atoms with Crippen LogP contribution in [0.3, 0.4) is 0 Å². The maximum absolute atomic E-state index is 12.7. The van der Waals surface area contributed by atoms with Crippen LogP contribution in [0.15, 0.2) is 60.8 Å². The van der Waals surface area contributed by atoms with Crippen LogP contribution in [0.1, 0.15) is 15.9 Å². The normalized spacial score (nSPS) is 11.4. The van der Waals surface area contributed by atoms with E-state index in [1.807, 2.05) is 10.8 Å². The van der Waals surface area contributed by atoms with Crippen molar-refractivity contribution in [2.45, 2.75) is 6.54 Å². The number of nitrogens with one attached hydrogen (secondary N) is 1. The topological polar surface area (TPSA) is 127 Å². The van der Waals surface area contributed by atoms with Gasteiger partial charge >= 0.3 is 10.2 Å². The molecule has 2 aromatic carbocycles. The quantitative estimate of drug-likeness (QED) is 0.453. The van der Waals surface area contributed by atoms with Gasteiger partial charge in [-0.15, -0.1) is 0 Å². The van der Waals surface area contributed by atoms with Crippen LogP contribution in [-0.4, -0.2) is 40.4 Å². The first kappa shape index (κ1) is 21.1. The number of non-ortho nitro benzene ring substituents is 1. The van der Waals surface area contributed by atoms with Gasteiger partial charge < -0.3 is 0 Å². The van der Waals surface area contributed by atoms with Gasteiger partial charge in [-0.05, 0) is 17.7 Å². The number of aryl methyl sites for hydroxylation is 1. The van der Waals surface area contributed by atoms with Crippen molar-refractivity contribution < 1.29 is 18.1 Å². The van der Waals surface area contributed by atoms with Crippen molar-refractivity contribution in [3.05, 3.63) is 82.0 Å². The lowest BCUT2D eigenvalue weighted by Gasteiger charge is -2.17. The molecule has 0 aliphatic rings.